The predicted molar refractivity (Wildman–Crippen MR) is 143 cm³/mol. The number of ether oxygens (including phenoxy) is 1. The Labute approximate surface area is 231 Å². The van der Waals surface area contributed by atoms with Crippen molar-refractivity contribution < 1.29 is 13.9 Å². The fraction of sp³-hybridized carbons (Fsp3) is 0.517. The number of aromatic nitrogens is 5. The van der Waals surface area contributed by atoms with Crippen LogP contribution in [0.15, 0.2) is 37.1 Å². The summed E-state index contributed by atoms with van der Waals surface area (Å²) in [6.07, 6.45) is 9.97. The minimum atomic E-state index is -0.361. The topological polar surface area (TPSA) is 109 Å². The van der Waals surface area contributed by atoms with Crippen LogP contribution in [0.3, 0.4) is 0 Å². The maximum absolute atomic E-state index is 14.4. The average molecular weight is 543 g/mol. The first-order chi connectivity index (χ1) is 19.6. The molecule has 3 saturated heterocycles. The summed E-state index contributed by atoms with van der Waals surface area (Å²) in [5, 5.41) is 11.7. The van der Waals surface area contributed by atoms with Crippen LogP contribution in [0.2, 0.25) is 0 Å². The van der Waals surface area contributed by atoms with Crippen LogP contribution in [0.4, 0.5) is 10.2 Å². The lowest BCUT2D eigenvalue weighted by Crippen LogP contribution is -2.62. The number of carbonyl (C=O) groups excluding carboxylic acids is 1. The molecule has 8 rings (SSSR count). The highest BCUT2D eigenvalue weighted by atomic mass is 19.1. The summed E-state index contributed by atoms with van der Waals surface area (Å²) in [5.74, 6) is 2.93. The van der Waals surface area contributed by atoms with Crippen molar-refractivity contribution in [2.45, 2.75) is 44.1 Å². The van der Waals surface area contributed by atoms with Gasteiger partial charge in [0.05, 0.1) is 11.7 Å². The molecule has 3 aromatic rings. The van der Waals surface area contributed by atoms with Gasteiger partial charge in [-0.3, -0.25) is 4.79 Å². The number of carbonyl (C=O) groups is 1. The molecule has 40 heavy (non-hydrogen) atoms. The van der Waals surface area contributed by atoms with E-state index in [1.807, 2.05) is 0 Å². The molecule has 2 aromatic heterocycles. The smallest absolute Gasteiger partial charge is 0.282 e. The fourth-order valence-electron chi connectivity index (χ4n) is 6.92. The number of anilines is 1. The van der Waals surface area contributed by atoms with Crippen molar-refractivity contribution in [1.82, 2.24) is 35.4 Å². The van der Waals surface area contributed by atoms with Crippen molar-refractivity contribution in [2.75, 3.05) is 37.6 Å². The number of hydrogen-bond acceptors (Lipinski definition) is 9. The van der Waals surface area contributed by atoms with Crippen LogP contribution in [0.25, 0.3) is 11.1 Å². The number of rotatable bonds is 6. The third-order valence-corrected chi connectivity index (χ3v) is 9.48. The fourth-order valence-corrected chi connectivity index (χ4v) is 6.92. The van der Waals surface area contributed by atoms with Gasteiger partial charge in [-0.05, 0) is 68.7 Å². The maximum Gasteiger partial charge on any atom is 0.282 e. The van der Waals surface area contributed by atoms with Crippen LogP contribution in [-0.2, 0) is 4.79 Å². The number of hydrogen-bond donors (Lipinski definition) is 1. The van der Waals surface area contributed by atoms with Gasteiger partial charge in [0.2, 0.25) is 5.91 Å². The molecule has 10 nitrogen and oxygen atoms in total. The van der Waals surface area contributed by atoms with Gasteiger partial charge < -0.3 is 19.9 Å². The molecular formula is C29H31FN8O2. The Bertz CT molecular complexity index is 1470. The van der Waals surface area contributed by atoms with Crippen molar-refractivity contribution in [2.24, 2.45) is 17.3 Å². The summed E-state index contributed by atoms with van der Waals surface area (Å²) in [5.41, 5.74) is 2.43. The number of fused-ring (bicyclic) bond motifs is 1. The van der Waals surface area contributed by atoms with Crippen LogP contribution in [0.5, 0.6) is 11.6 Å². The second-order valence-electron chi connectivity index (χ2n) is 12.2. The second kappa shape index (κ2) is 9.15. The lowest BCUT2D eigenvalue weighted by Gasteiger charge is -2.54. The van der Waals surface area contributed by atoms with E-state index >= 15 is 0 Å². The molecule has 3 atom stereocenters. The van der Waals surface area contributed by atoms with E-state index in [1.165, 1.54) is 31.2 Å². The molecule has 0 radical (unpaired) electrons. The molecule has 0 unspecified atom stereocenters. The lowest BCUT2D eigenvalue weighted by atomic mass is 9.72. The summed E-state index contributed by atoms with van der Waals surface area (Å²) < 4.78 is 20.7. The van der Waals surface area contributed by atoms with E-state index in [2.05, 4.69) is 40.3 Å². The Kier molecular flexibility index (Phi) is 5.51. The zero-order chi connectivity index (χ0) is 26.8. The van der Waals surface area contributed by atoms with Crippen LogP contribution in [0.1, 0.15) is 43.7 Å². The molecule has 11 heteroatoms. The Hall–Kier alpha value is -3.73. The molecule has 3 aliphatic heterocycles. The third kappa shape index (κ3) is 4.18. The summed E-state index contributed by atoms with van der Waals surface area (Å²) in [6.45, 7) is 4.24. The van der Waals surface area contributed by atoms with Crippen molar-refractivity contribution in [3.8, 4) is 22.8 Å². The van der Waals surface area contributed by atoms with Crippen LogP contribution in [0, 0.1) is 23.1 Å². The molecule has 2 saturated carbocycles. The monoisotopic (exact) mass is 542 g/mol. The highest BCUT2D eigenvalue weighted by molar-refractivity contribution is 5.83. The quantitative estimate of drug-likeness (QED) is 0.502. The maximum atomic E-state index is 14.4. The van der Waals surface area contributed by atoms with Crippen LogP contribution < -0.4 is 15.0 Å². The van der Waals surface area contributed by atoms with Gasteiger partial charge in [0, 0.05) is 54.8 Å². The predicted octanol–water partition coefficient (Wildman–Crippen LogP) is 3.17. The number of benzene rings is 1. The number of piperidine rings is 2. The molecule has 206 valence electrons. The summed E-state index contributed by atoms with van der Waals surface area (Å²) in [4.78, 5) is 30.5. The average Bonchev–Trinajstić information content (AvgIpc) is 3.91. The van der Waals surface area contributed by atoms with Gasteiger partial charge in [-0.25, -0.2) is 19.3 Å². The Morgan fingerprint density at radius 2 is 1.95 bits per heavy atom. The van der Waals surface area contributed by atoms with E-state index in [0.717, 1.165) is 75.6 Å². The first kappa shape index (κ1) is 24.1. The standard InChI is InChI=1S/C29H31FN8O2/c30-19-3-4-23(21(10-19)22-12-31-15-33-24(22)17-1-2-17)40-27-26(34-16-35-36-27)38-13-29(14-38)5-7-37(8-6-29)28(39)25-20-9-18(20)11-32-25/h3-4,10,12,15-18,20,25,32H,1-2,5-9,11,13-14H2/t18-,20-,25-/m0/s1. The summed E-state index contributed by atoms with van der Waals surface area (Å²) in [7, 11) is 0. The Morgan fingerprint density at radius 3 is 2.70 bits per heavy atom. The SMILES string of the molecule is O=C([C@H]1NC[C@@H]2C[C@@H]21)N1CCC2(CC1)CN(c1ncnnc1Oc1ccc(F)cc1-c1cncnc1C1CC1)C2. The number of amides is 1. The van der Waals surface area contributed by atoms with Gasteiger partial charge in [-0.2, -0.15) is 0 Å². The summed E-state index contributed by atoms with van der Waals surface area (Å²) in [6, 6.07) is 4.48. The highest BCUT2D eigenvalue weighted by Crippen LogP contribution is 2.48. The van der Waals surface area contributed by atoms with E-state index < -0.39 is 0 Å². The van der Waals surface area contributed by atoms with E-state index in [9.17, 15) is 9.18 Å². The van der Waals surface area contributed by atoms with Crippen LogP contribution in [-0.4, -0.2) is 74.7 Å². The molecule has 5 aliphatic rings. The molecule has 5 fully saturated rings. The van der Waals surface area contributed by atoms with E-state index in [1.54, 1.807) is 12.3 Å². The minimum Gasteiger partial charge on any atom is -0.434 e. The first-order valence-electron chi connectivity index (χ1n) is 14.3. The molecule has 1 N–H and O–H groups in total. The number of nitrogens with zero attached hydrogens (tertiary/aromatic N) is 7. The molecule has 1 aromatic carbocycles. The van der Waals surface area contributed by atoms with Crippen LogP contribution >= 0.6 is 0 Å². The zero-order valence-electron chi connectivity index (χ0n) is 22.2. The molecule has 1 spiro atoms. The van der Waals surface area contributed by atoms with Gasteiger partial charge in [-0.15, -0.1) is 10.2 Å². The second-order valence-corrected chi connectivity index (χ2v) is 12.2. The van der Waals surface area contributed by atoms with Crippen molar-refractivity contribution in [3.63, 3.8) is 0 Å². The number of halogens is 1. The third-order valence-electron chi connectivity index (χ3n) is 9.48. The van der Waals surface area contributed by atoms with Gasteiger partial charge in [0.1, 0.15) is 24.2 Å². The number of nitrogens with one attached hydrogen (secondary N) is 1. The Balaban J connectivity index is 0.979. The van der Waals surface area contributed by atoms with E-state index in [0.29, 0.717) is 29.0 Å². The lowest BCUT2D eigenvalue weighted by molar-refractivity contribution is -0.136. The first-order valence-corrected chi connectivity index (χ1v) is 14.3. The minimum absolute atomic E-state index is 0.0305. The van der Waals surface area contributed by atoms with E-state index in [-0.39, 0.29) is 29.1 Å². The largest absolute Gasteiger partial charge is 0.434 e. The number of likely N-dealkylation sites (tertiary alicyclic amines) is 1. The zero-order valence-corrected chi connectivity index (χ0v) is 22.2. The molecule has 5 heterocycles. The molecule has 1 amide bonds. The van der Waals surface area contributed by atoms with Gasteiger partial charge in [-0.1, -0.05) is 0 Å². The van der Waals surface area contributed by atoms with Crippen molar-refractivity contribution >= 4 is 11.7 Å². The molecule has 2 aliphatic carbocycles. The van der Waals surface area contributed by atoms with Crippen molar-refractivity contribution in [3.05, 3.63) is 48.6 Å². The normalized spacial score (nSPS) is 26.4. The summed E-state index contributed by atoms with van der Waals surface area (Å²) >= 11 is 0. The molecular weight excluding hydrogens is 511 g/mol. The Morgan fingerprint density at radius 1 is 1.10 bits per heavy atom. The van der Waals surface area contributed by atoms with Gasteiger partial charge >= 0.3 is 0 Å². The van der Waals surface area contributed by atoms with Gasteiger partial charge in [0.15, 0.2) is 5.82 Å². The molecule has 0 bridgehead atoms. The van der Waals surface area contributed by atoms with Crippen molar-refractivity contribution in [1.29, 1.82) is 0 Å². The van der Waals surface area contributed by atoms with E-state index in [4.69, 9.17) is 4.74 Å². The highest BCUT2D eigenvalue weighted by Gasteiger charge is 2.53. The van der Waals surface area contributed by atoms with Gasteiger partial charge in [0.25, 0.3) is 5.88 Å².